The minimum absolute atomic E-state index is 0.476. The van der Waals surface area contributed by atoms with Crippen LogP contribution in [0.25, 0.3) is 0 Å². The lowest BCUT2D eigenvalue weighted by atomic mass is 10.3. The Morgan fingerprint density at radius 2 is 2.21 bits per heavy atom. The van der Waals surface area contributed by atoms with Crippen molar-refractivity contribution in [2.24, 2.45) is 0 Å². The second kappa shape index (κ2) is 5.95. The van der Waals surface area contributed by atoms with Crippen molar-refractivity contribution in [3.8, 4) is 17.7 Å². The van der Waals surface area contributed by atoms with E-state index in [9.17, 15) is 0 Å². The Labute approximate surface area is 83.7 Å². The predicted molar refractivity (Wildman–Crippen MR) is 54.0 cm³/mol. The molecule has 0 amide bonds. The van der Waals surface area contributed by atoms with Crippen LogP contribution in [0.4, 0.5) is 0 Å². The third-order valence-corrected chi connectivity index (χ3v) is 1.56. The smallest absolute Gasteiger partial charge is 0.248 e. The zero-order chi connectivity index (χ0) is 10.2. The summed E-state index contributed by atoms with van der Waals surface area (Å²) in [5.74, 6) is 6.37. The molecule has 14 heavy (non-hydrogen) atoms. The van der Waals surface area contributed by atoms with Gasteiger partial charge in [0.05, 0.1) is 7.11 Å². The van der Waals surface area contributed by atoms with Gasteiger partial charge in [-0.3, -0.25) is 0 Å². The molecule has 1 heterocycles. The molecule has 1 aromatic heterocycles. The molecule has 1 N–H and O–H groups in total. The molecule has 1 aromatic rings. The van der Waals surface area contributed by atoms with Crippen LogP contribution in [-0.4, -0.2) is 30.7 Å². The van der Waals surface area contributed by atoms with Crippen molar-refractivity contribution in [3.63, 3.8) is 0 Å². The van der Waals surface area contributed by atoms with E-state index in [2.05, 4.69) is 27.1 Å². The van der Waals surface area contributed by atoms with Crippen LogP contribution < -0.4 is 10.1 Å². The standard InChI is InChI=1S/C10H13N3O/c1-11-6-4-3-5-9-10(14-2)13-8-7-12-9/h7-8,11H,4,6H2,1-2H3. The maximum atomic E-state index is 5.01. The fourth-order valence-corrected chi connectivity index (χ4v) is 0.894. The van der Waals surface area contributed by atoms with Gasteiger partial charge in [-0.15, -0.1) is 0 Å². The number of ether oxygens (including phenoxy) is 1. The summed E-state index contributed by atoms with van der Waals surface area (Å²) in [4.78, 5) is 8.06. The lowest BCUT2D eigenvalue weighted by Crippen LogP contribution is -2.06. The Bertz CT molecular complexity index is 341. The maximum Gasteiger partial charge on any atom is 0.248 e. The molecule has 74 valence electrons. The lowest BCUT2D eigenvalue weighted by molar-refractivity contribution is 0.394. The number of nitrogens with one attached hydrogen (secondary N) is 1. The minimum Gasteiger partial charge on any atom is -0.479 e. The third kappa shape index (κ3) is 3.04. The largest absolute Gasteiger partial charge is 0.479 e. The third-order valence-electron chi connectivity index (χ3n) is 1.56. The summed E-state index contributed by atoms with van der Waals surface area (Å²) in [5, 5.41) is 3.01. The molecule has 4 nitrogen and oxygen atoms in total. The van der Waals surface area contributed by atoms with Gasteiger partial charge in [0.15, 0.2) is 5.69 Å². The molecule has 0 saturated carbocycles. The minimum atomic E-state index is 0.476. The van der Waals surface area contributed by atoms with Gasteiger partial charge < -0.3 is 10.1 Å². The molecule has 0 saturated heterocycles. The topological polar surface area (TPSA) is 47.0 Å². The van der Waals surface area contributed by atoms with Crippen LogP contribution in [0, 0.1) is 11.8 Å². The SMILES string of the molecule is CNCCC#Cc1nccnc1OC. The number of aromatic nitrogens is 2. The van der Waals surface area contributed by atoms with Gasteiger partial charge >= 0.3 is 0 Å². The van der Waals surface area contributed by atoms with Crippen LogP contribution >= 0.6 is 0 Å². The van der Waals surface area contributed by atoms with Crippen molar-refractivity contribution in [2.45, 2.75) is 6.42 Å². The summed E-state index contributed by atoms with van der Waals surface area (Å²) in [6, 6.07) is 0. The van der Waals surface area contributed by atoms with E-state index in [0.29, 0.717) is 11.6 Å². The van der Waals surface area contributed by atoms with Crippen LogP contribution in [0.1, 0.15) is 12.1 Å². The normalized spacial score (nSPS) is 9.00. The summed E-state index contributed by atoms with van der Waals surface area (Å²) in [7, 11) is 3.45. The second-order valence-electron chi connectivity index (χ2n) is 2.57. The van der Waals surface area contributed by atoms with Crippen LogP contribution in [0.15, 0.2) is 12.4 Å². The molecule has 0 aliphatic carbocycles. The molecule has 0 unspecified atom stereocenters. The number of methoxy groups -OCH3 is 1. The van der Waals surface area contributed by atoms with E-state index in [1.54, 1.807) is 19.5 Å². The molecule has 1 rings (SSSR count). The van der Waals surface area contributed by atoms with Crippen LogP contribution in [0.3, 0.4) is 0 Å². The van der Waals surface area contributed by atoms with Crippen LogP contribution in [0.2, 0.25) is 0 Å². The molecule has 0 aliphatic heterocycles. The summed E-state index contributed by atoms with van der Waals surface area (Å²) in [6.07, 6.45) is 3.97. The highest BCUT2D eigenvalue weighted by atomic mass is 16.5. The first-order chi connectivity index (χ1) is 6.88. The average molecular weight is 191 g/mol. The molecule has 0 bridgehead atoms. The highest BCUT2D eigenvalue weighted by Gasteiger charge is 1.99. The van der Waals surface area contributed by atoms with E-state index in [1.807, 2.05) is 7.05 Å². The molecule has 0 atom stereocenters. The molecule has 0 radical (unpaired) electrons. The van der Waals surface area contributed by atoms with Crippen LogP contribution in [-0.2, 0) is 0 Å². The molecule has 0 fully saturated rings. The molecule has 0 aromatic carbocycles. The monoisotopic (exact) mass is 191 g/mol. The summed E-state index contributed by atoms with van der Waals surface area (Å²) in [6.45, 7) is 0.871. The fourth-order valence-electron chi connectivity index (χ4n) is 0.894. The quantitative estimate of drug-likeness (QED) is 0.556. The lowest BCUT2D eigenvalue weighted by Gasteiger charge is -1.98. The van der Waals surface area contributed by atoms with Crippen molar-refractivity contribution in [3.05, 3.63) is 18.1 Å². The van der Waals surface area contributed by atoms with Gasteiger partial charge in [-0.05, 0) is 13.0 Å². The zero-order valence-electron chi connectivity index (χ0n) is 8.37. The maximum absolute atomic E-state index is 5.01. The zero-order valence-corrected chi connectivity index (χ0v) is 8.37. The number of hydrogen-bond donors (Lipinski definition) is 1. The molecule has 0 aliphatic rings. The second-order valence-corrected chi connectivity index (χ2v) is 2.57. The van der Waals surface area contributed by atoms with E-state index in [0.717, 1.165) is 13.0 Å². The van der Waals surface area contributed by atoms with Gasteiger partial charge in [0.25, 0.3) is 0 Å². The molecule has 4 heteroatoms. The molecular weight excluding hydrogens is 178 g/mol. The van der Waals surface area contributed by atoms with E-state index in [1.165, 1.54) is 0 Å². The predicted octanol–water partition coefficient (Wildman–Crippen LogP) is 0.446. The van der Waals surface area contributed by atoms with Gasteiger partial charge in [0, 0.05) is 25.4 Å². The highest BCUT2D eigenvalue weighted by Crippen LogP contribution is 2.07. The van der Waals surface area contributed by atoms with E-state index >= 15 is 0 Å². The Hall–Kier alpha value is -1.60. The van der Waals surface area contributed by atoms with Crippen molar-refractivity contribution in [2.75, 3.05) is 20.7 Å². The summed E-state index contributed by atoms with van der Waals surface area (Å²) in [5.41, 5.74) is 0.589. The number of hydrogen-bond acceptors (Lipinski definition) is 4. The van der Waals surface area contributed by atoms with Gasteiger partial charge in [-0.2, -0.15) is 0 Å². The van der Waals surface area contributed by atoms with Gasteiger partial charge in [-0.1, -0.05) is 5.92 Å². The Morgan fingerprint density at radius 1 is 1.43 bits per heavy atom. The van der Waals surface area contributed by atoms with Gasteiger partial charge in [0.1, 0.15) is 0 Å². The first kappa shape index (κ1) is 10.5. The summed E-state index contributed by atoms with van der Waals surface area (Å²) < 4.78 is 5.01. The van der Waals surface area contributed by atoms with E-state index < -0.39 is 0 Å². The van der Waals surface area contributed by atoms with Crippen molar-refractivity contribution in [1.82, 2.24) is 15.3 Å². The molecular formula is C10H13N3O. The first-order valence-electron chi connectivity index (χ1n) is 4.37. The van der Waals surface area contributed by atoms with Crippen molar-refractivity contribution >= 4 is 0 Å². The Morgan fingerprint density at radius 3 is 2.93 bits per heavy atom. The van der Waals surface area contributed by atoms with Crippen LogP contribution in [0.5, 0.6) is 5.88 Å². The van der Waals surface area contributed by atoms with Gasteiger partial charge in [0.2, 0.25) is 5.88 Å². The number of rotatable bonds is 3. The van der Waals surface area contributed by atoms with E-state index in [4.69, 9.17) is 4.74 Å². The summed E-state index contributed by atoms with van der Waals surface area (Å²) >= 11 is 0. The Kier molecular flexibility index (Phi) is 4.45. The van der Waals surface area contributed by atoms with E-state index in [-0.39, 0.29) is 0 Å². The first-order valence-corrected chi connectivity index (χ1v) is 4.37. The van der Waals surface area contributed by atoms with Crippen molar-refractivity contribution in [1.29, 1.82) is 0 Å². The Balaban J connectivity index is 2.68. The molecule has 0 spiro atoms. The highest BCUT2D eigenvalue weighted by molar-refractivity contribution is 5.35. The average Bonchev–Trinajstić information content (AvgIpc) is 2.25. The fraction of sp³-hybridized carbons (Fsp3) is 0.400. The van der Waals surface area contributed by atoms with Crippen molar-refractivity contribution < 1.29 is 4.74 Å². The van der Waals surface area contributed by atoms with Gasteiger partial charge in [-0.25, -0.2) is 9.97 Å². The number of nitrogens with zero attached hydrogens (tertiary/aromatic N) is 2.